The first kappa shape index (κ1) is 16.0. The van der Waals surface area contributed by atoms with Crippen molar-refractivity contribution >= 4 is 18.6 Å². The third kappa shape index (κ3) is 4.31. The summed E-state index contributed by atoms with van der Waals surface area (Å²) in [5.74, 6) is 0.515. The molecule has 0 bridgehead atoms. The van der Waals surface area contributed by atoms with Crippen LogP contribution in [-0.4, -0.2) is 13.2 Å². The van der Waals surface area contributed by atoms with Gasteiger partial charge in [0.25, 0.3) is 0 Å². The third-order valence-corrected chi connectivity index (χ3v) is 4.49. The molecule has 5 heteroatoms. The topological polar surface area (TPSA) is 44.8 Å². The second-order valence-corrected chi connectivity index (χ2v) is 6.21. The quantitative estimate of drug-likeness (QED) is 0.498. The van der Waals surface area contributed by atoms with Gasteiger partial charge in [-0.2, -0.15) is 0 Å². The number of hydrogen-bond acceptors (Lipinski definition) is 4. The van der Waals surface area contributed by atoms with Gasteiger partial charge in [-0.3, -0.25) is 9.05 Å². The maximum atomic E-state index is 12.6. The van der Waals surface area contributed by atoms with Crippen LogP contribution in [0.2, 0.25) is 0 Å². The van der Waals surface area contributed by atoms with Crippen LogP contribution >= 0.6 is 7.82 Å². The molecular weight excluding hydrogens is 287 g/mol. The van der Waals surface area contributed by atoms with Crippen LogP contribution in [0.4, 0.5) is 0 Å². The number of phosphoric acid groups is 1. The first-order valence-corrected chi connectivity index (χ1v) is 8.71. The van der Waals surface area contributed by atoms with E-state index in [0.29, 0.717) is 12.4 Å². The molecule has 0 fully saturated rings. The predicted octanol–water partition coefficient (Wildman–Crippen LogP) is 5.18. The van der Waals surface area contributed by atoms with E-state index in [2.05, 4.69) is 0 Å². The molecule has 0 amide bonds. The van der Waals surface area contributed by atoms with Gasteiger partial charge in [0.2, 0.25) is 0 Å². The molecule has 0 spiro atoms. The number of fused-ring (bicyclic) bond motifs is 1. The molecule has 2 rings (SSSR count). The van der Waals surface area contributed by atoms with Crippen LogP contribution in [0.3, 0.4) is 0 Å². The van der Waals surface area contributed by atoms with E-state index in [1.807, 2.05) is 43.3 Å². The molecule has 0 saturated carbocycles. The Bertz CT molecular complexity index is 621. The Balaban J connectivity index is 2.24. The summed E-state index contributed by atoms with van der Waals surface area (Å²) in [6, 6.07) is 13.4. The molecule has 4 nitrogen and oxygen atoms in total. The molecule has 0 heterocycles. The van der Waals surface area contributed by atoms with Gasteiger partial charge in [-0.15, -0.1) is 0 Å². The van der Waals surface area contributed by atoms with E-state index >= 15 is 0 Å². The number of hydrogen-bond donors (Lipinski definition) is 0. The summed E-state index contributed by atoms with van der Waals surface area (Å²) >= 11 is 0. The van der Waals surface area contributed by atoms with Gasteiger partial charge < -0.3 is 4.52 Å². The van der Waals surface area contributed by atoms with Gasteiger partial charge >= 0.3 is 7.82 Å². The van der Waals surface area contributed by atoms with Gasteiger partial charge in [0.1, 0.15) is 5.75 Å². The molecule has 0 aliphatic carbocycles. The zero-order valence-electron chi connectivity index (χ0n) is 12.5. The zero-order chi connectivity index (χ0) is 15.1. The molecule has 1 atom stereocenters. The molecule has 0 aromatic heterocycles. The molecule has 2 aromatic rings. The molecule has 0 radical (unpaired) electrons. The fraction of sp³-hybridized carbons (Fsp3) is 0.375. The Morgan fingerprint density at radius 3 is 2.52 bits per heavy atom. The highest BCUT2D eigenvalue weighted by Crippen LogP contribution is 2.50. The highest BCUT2D eigenvalue weighted by atomic mass is 31.2. The van der Waals surface area contributed by atoms with Crippen LogP contribution in [-0.2, 0) is 13.6 Å². The Hall–Kier alpha value is -1.35. The second kappa shape index (κ2) is 7.60. The number of unbranched alkanes of at least 4 members (excludes halogenated alkanes) is 1. The van der Waals surface area contributed by atoms with Crippen LogP contribution in [0.25, 0.3) is 10.8 Å². The molecule has 114 valence electrons. The number of phosphoric ester groups is 1. The van der Waals surface area contributed by atoms with E-state index in [0.717, 1.165) is 23.6 Å². The van der Waals surface area contributed by atoms with Crippen molar-refractivity contribution in [3.63, 3.8) is 0 Å². The molecule has 0 saturated heterocycles. The SMILES string of the molecule is CCCCOP(=O)(OCC)Oc1cccc2ccccc12. The van der Waals surface area contributed by atoms with Crippen LogP contribution < -0.4 is 4.52 Å². The van der Waals surface area contributed by atoms with Gasteiger partial charge in [0, 0.05) is 5.39 Å². The van der Waals surface area contributed by atoms with Gasteiger partial charge in [-0.1, -0.05) is 49.7 Å². The number of rotatable bonds is 8. The van der Waals surface area contributed by atoms with Crippen molar-refractivity contribution in [2.45, 2.75) is 26.7 Å². The van der Waals surface area contributed by atoms with Crippen LogP contribution in [0.15, 0.2) is 42.5 Å². The molecule has 21 heavy (non-hydrogen) atoms. The maximum absolute atomic E-state index is 12.6. The summed E-state index contributed by atoms with van der Waals surface area (Å²) in [6.07, 6.45) is 1.77. The average molecular weight is 308 g/mol. The van der Waals surface area contributed by atoms with E-state index in [9.17, 15) is 4.57 Å². The lowest BCUT2D eigenvalue weighted by molar-refractivity contribution is 0.160. The van der Waals surface area contributed by atoms with Crippen molar-refractivity contribution in [3.05, 3.63) is 42.5 Å². The second-order valence-electron chi connectivity index (χ2n) is 4.62. The third-order valence-electron chi connectivity index (χ3n) is 2.99. The minimum Gasteiger partial charge on any atom is -0.403 e. The van der Waals surface area contributed by atoms with Crippen LogP contribution in [0.5, 0.6) is 5.75 Å². The molecule has 0 aliphatic heterocycles. The van der Waals surface area contributed by atoms with Crippen molar-refractivity contribution in [1.29, 1.82) is 0 Å². The van der Waals surface area contributed by atoms with Crippen molar-refractivity contribution in [1.82, 2.24) is 0 Å². The normalized spacial score (nSPS) is 14.0. The van der Waals surface area contributed by atoms with Crippen molar-refractivity contribution < 1.29 is 18.1 Å². The molecule has 2 aromatic carbocycles. The van der Waals surface area contributed by atoms with Gasteiger partial charge in [0.05, 0.1) is 13.2 Å². The highest BCUT2D eigenvalue weighted by molar-refractivity contribution is 7.48. The minimum absolute atomic E-state index is 0.272. The summed E-state index contributed by atoms with van der Waals surface area (Å²) in [4.78, 5) is 0. The first-order valence-electron chi connectivity index (χ1n) is 7.25. The van der Waals surface area contributed by atoms with E-state index < -0.39 is 7.82 Å². The van der Waals surface area contributed by atoms with Crippen LogP contribution in [0.1, 0.15) is 26.7 Å². The zero-order valence-corrected chi connectivity index (χ0v) is 13.3. The van der Waals surface area contributed by atoms with E-state index in [1.54, 1.807) is 13.0 Å². The monoisotopic (exact) mass is 308 g/mol. The fourth-order valence-corrected chi connectivity index (χ4v) is 3.21. The minimum atomic E-state index is -3.58. The lowest BCUT2D eigenvalue weighted by Gasteiger charge is -2.18. The smallest absolute Gasteiger partial charge is 0.403 e. The molecule has 1 unspecified atom stereocenters. The molecular formula is C16H21O4P. The highest BCUT2D eigenvalue weighted by Gasteiger charge is 2.28. The first-order chi connectivity index (χ1) is 10.2. The maximum Gasteiger partial charge on any atom is 0.530 e. The van der Waals surface area contributed by atoms with Gasteiger partial charge in [-0.25, -0.2) is 4.57 Å². The van der Waals surface area contributed by atoms with E-state index in [4.69, 9.17) is 13.6 Å². The Morgan fingerprint density at radius 1 is 1.00 bits per heavy atom. The van der Waals surface area contributed by atoms with Crippen molar-refractivity contribution in [3.8, 4) is 5.75 Å². The number of benzene rings is 2. The molecule has 0 N–H and O–H groups in total. The van der Waals surface area contributed by atoms with Gasteiger partial charge in [-0.05, 0) is 24.8 Å². The van der Waals surface area contributed by atoms with Crippen LogP contribution in [0, 0.1) is 0 Å². The Morgan fingerprint density at radius 2 is 1.76 bits per heavy atom. The Labute approximate surface area is 125 Å². The van der Waals surface area contributed by atoms with E-state index in [-0.39, 0.29) is 6.61 Å². The van der Waals surface area contributed by atoms with Crippen molar-refractivity contribution in [2.75, 3.05) is 13.2 Å². The standard InChI is InChI=1S/C16H21O4P/c1-3-5-13-19-21(17,18-4-2)20-16-12-8-10-14-9-6-7-11-15(14)16/h6-12H,3-5,13H2,1-2H3. The summed E-state index contributed by atoms with van der Waals surface area (Å²) in [7, 11) is -3.58. The lowest BCUT2D eigenvalue weighted by Crippen LogP contribution is -2.04. The van der Waals surface area contributed by atoms with Crippen molar-refractivity contribution in [2.24, 2.45) is 0 Å². The largest absolute Gasteiger partial charge is 0.530 e. The average Bonchev–Trinajstić information content (AvgIpc) is 2.48. The summed E-state index contributed by atoms with van der Waals surface area (Å²) in [6.45, 7) is 4.44. The molecule has 0 aliphatic rings. The fourth-order valence-electron chi connectivity index (χ4n) is 1.96. The Kier molecular flexibility index (Phi) is 5.80. The summed E-state index contributed by atoms with van der Waals surface area (Å²) < 4.78 is 28.9. The van der Waals surface area contributed by atoms with E-state index in [1.165, 1.54) is 0 Å². The summed E-state index contributed by atoms with van der Waals surface area (Å²) in [5, 5.41) is 1.91. The summed E-state index contributed by atoms with van der Waals surface area (Å²) in [5.41, 5.74) is 0. The predicted molar refractivity (Wildman–Crippen MR) is 84.7 cm³/mol. The van der Waals surface area contributed by atoms with Gasteiger partial charge in [0.15, 0.2) is 0 Å². The lowest BCUT2D eigenvalue weighted by atomic mass is 10.1.